The van der Waals surface area contributed by atoms with E-state index in [1.54, 1.807) is 0 Å². The van der Waals surface area contributed by atoms with Crippen LogP contribution >= 0.6 is 0 Å². The van der Waals surface area contributed by atoms with Gasteiger partial charge in [0, 0.05) is 0 Å². The van der Waals surface area contributed by atoms with Crippen LogP contribution in [0.4, 0.5) is 0 Å². The molecule has 2 aliphatic rings. The average molecular weight is 380 g/mol. The monoisotopic (exact) mass is 381 g/mol. The predicted molar refractivity (Wildman–Crippen MR) is 62.4 cm³/mol. The Morgan fingerprint density at radius 3 is 2.06 bits per heavy atom. The second-order valence-corrected chi connectivity index (χ2v) is 5.06. The first kappa shape index (κ1) is 12.3. The van der Waals surface area contributed by atoms with Crippen molar-refractivity contribution < 1.29 is 27.7 Å². The van der Waals surface area contributed by atoms with Gasteiger partial charge in [-0.15, -0.1) is 0 Å². The van der Waals surface area contributed by atoms with Gasteiger partial charge in [0.2, 0.25) is 0 Å². The Hall–Kier alpha value is -0.210. The van der Waals surface area contributed by atoms with Crippen molar-refractivity contribution in [1.29, 1.82) is 0 Å². The molecular formula is C14H17HfO. The molecule has 0 unspecified atom stereocenters. The molecule has 0 atom stereocenters. The molecule has 2 heteroatoms. The van der Waals surface area contributed by atoms with Crippen molar-refractivity contribution in [3.05, 3.63) is 47.6 Å². The molecule has 0 aromatic rings. The topological polar surface area (TPSA) is 9.23 Å². The van der Waals surface area contributed by atoms with Crippen LogP contribution in [0.3, 0.4) is 0 Å². The SMILES string of the molecule is CCCC([O][Hf])(C1=CC=CC1)C1=CC=CC1. The van der Waals surface area contributed by atoms with E-state index in [1.165, 1.54) is 11.1 Å². The van der Waals surface area contributed by atoms with Crippen molar-refractivity contribution in [2.45, 2.75) is 38.2 Å². The van der Waals surface area contributed by atoms with Gasteiger partial charge < -0.3 is 0 Å². The van der Waals surface area contributed by atoms with E-state index in [0.29, 0.717) is 0 Å². The van der Waals surface area contributed by atoms with Crippen LogP contribution in [0, 0.1) is 0 Å². The molecule has 0 heterocycles. The van der Waals surface area contributed by atoms with Crippen molar-refractivity contribution in [3.8, 4) is 0 Å². The van der Waals surface area contributed by atoms with Crippen LogP contribution in [-0.2, 0) is 27.7 Å². The minimum absolute atomic E-state index is 0.0893. The van der Waals surface area contributed by atoms with Gasteiger partial charge >= 0.3 is 113 Å². The Morgan fingerprint density at radius 2 is 1.75 bits per heavy atom. The minimum atomic E-state index is -0.0893. The van der Waals surface area contributed by atoms with E-state index in [-0.39, 0.29) is 5.60 Å². The fourth-order valence-corrected chi connectivity index (χ4v) is 3.86. The van der Waals surface area contributed by atoms with Crippen molar-refractivity contribution in [1.82, 2.24) is 0 Å². The Bertz CT molecular complexity index is 344. The fraction of sp³-hybridized carbons (Fsp3) is 0.429. The summed E-state index contributed by atoms with van der Waals surface area (Å²) in [6, 6.07) is 0. The van der Waals surface area contributed by atoms with E-state index in [4.69, 9.17) is 2.85 Å². The molecule has 0 aromatic carbocycles. The van der Waals surface area contributed by atoms with Gasteiger partial charge in [-0.05, 0) is 0 Å². The number of hydrogen-bond acceptors (Lipinski definition) is 1. The van der Waals surface area contributed by atoms with Gasteiger partial charge in [-0.3, -0.25) is 0 Å². The molecule has 0 radical (unpaired) electrons. The van der Waals surface area contributed by atoms with E-state index in [1.807, 2.05) is 0 Å². The summed E-state index contributed by atoms with van der Waals surface area (Å²) in [6.07, 6.45) is 17.6. The van der Waals surface area contributed by atoms with Crippen LogP contribution in [0.2, 0.25) is 0 Å². The normalized spacial score (nSPS) is 19.0. The molecule has 0 bridgehead atoms. The first-order valence-electron chi connectivity index (χ1n) is 5.90. The van der Waals surface area contributed by atoms with E-state index >= 15 is 0 Å². The predicted octanol–water partition coefficient (Wildman–Crippen LogP) is 3.78. The van der Waals surface area contributed by atoms with E-state index < -0.39 is 0 Å². The first-order chi connectivity index (χ1) is 7.83. The molecule has 83 valence electrons. The van der Waals surface area contributed by atoms with Gasteiger partial charge in [0.15, 0.2) is 0 Å². The second kappa shape index (κ2) is 5.42. The maximum absolute atomic E-state index is 6.07. The van der Waals surface area contributed by atoms with Crippen molar-refractivity contribution in [2.75, 3.05) is 0 Å². The summed E-state index contributed by atoms with van der Waals surface area (Å²) < 4.78 is 6.07. The third kappa shape index (κ3) is 2.10. The van der Waals surface area contributed by atoms with Gasteiger partial charge in [-0.1, -0.05) is 0 Å². The molecule has 1 nitrogen and oxygen atoms in total. The zero-order valence-electron chi connectivity index (χ0n) is 9.70. The molecule has 0 saturated heterocycles. The molecule has 2 rings (SSSR count). The molecule has 0 spiro atoms. The summed E-state index contributed by atoms with van der Waals surface area (Å²) in [4.78, 5) is 0. The van der Waals surface area contributed by atoms with E-state index in [9.17, 15) is 0 Å². The summed E-state index contributed by atoms with van der Waals surface area (Å²) in [6.45, 7) is 2.24. The molecule has 0 saturated carbocycles. The van der Waals surface area contributed by atoms with Gasteiger partial charge in [-0.25, -0.2) is 0 Å². The Morgan fingerprint density at radius 1 is 1.19 bits per heavy atom. The van der Waals surface area contributed by atoms with Crippen LogP contribution in [0.25, 0.3) is 0 Å². The molecule has 0 aliphatic heterocycles. The van der Waals surface area contributed by atoms with Crippen LogP contribution in [0.15, 0.2) is 47.6 Å². The van der Waals surface area contributed by atoms with E-state index in [2.05, 4.69) is 43.4 Å². The van der Waals surface area contributed by atoms with Crippen molar-refractivity contribution in [3.63, 3.8) is 0 Å². The van der Waals surface area contributed by atoms with Crippen LogP contribution in [0.1, 0.15) is 32.6 Å². The molecule has 0 fully saturated rings. The van der Waals surface area contributed by atoms with Crippen molar-refractivity contribution in [2.24, 2.45) is 0 Å². The Balaban J connectivity index is 2.30. The molecule has 2 aliphatic carbocycles. The molecular weight excluding hydrogens is 363 g/mol. The standard InChI is InChI=1S/C14H17O.Hf/c1-2-11-14(15,12-7-3-4-8-12)13-9-5-6-10-13;/h3-7,9H,2,8,10-11H2,1H3;/q-1;+1. The van der Waals surface area contributed by atoms with Gasteiger partial charge in [0.25, 0.3) is 0 Å². The number of hydrogen-bond donors (Lipinski definition) is 0. The van der Waals surface area contributed by atoms with Crippen LogP contribution in [-0.4, -0.2) is 5.60 Å². The zero-order chi connectivity index (χ0) is 11.4. The van der Waals surface area contributed by atoms with E-state index in [0.717, 1.165) is 50.5 Å². The van der Waals surface area contributed by atoms with Crippen LogP contribution in [0.5, 0.6) is 0 Å². The summed E-state index contributed by atoms with van der Waals surface area (Å²) in [7, 11) is 0. The number of allylic oxidation sites excluding steroid dienone is 6. The Labute approximate surface area is 113 Å². The summed E-state index contributed by atoms with van der Waals surface area (Å²) >= 11 is 0.793. The third-order valence-electron chi connectivity index (χ3n) is 3.36. The van der Waals surface area contributed by atoms with Gasteiger partial charge in [-0.2, -0.15) is 0 Å². The summed E-state index contributed by atoms with van der Waals surface area (Å²) in [5.74, 6) is 0. The summed E-state index contributed by atoms with van der Waals surface area (Å²) in [5, 5.41) is 0. The van der Waals surface area contributed by atoms with Gasteiger partial charge in [0.1, 0.15) is 0 Å². The molecule has 0 aromatic heterocycles. The summed E-state index contributed by atoms with van der Waals surface area (Å²) in [5.41, 5.74) is 2.80. The third-order valence-corrected chi connectivity index (χ3v) is 4.61. The molecule has 0 amide bonds. The molecule has 16 heavy (non-hydrogen) atoms. The fourth-order valence-electron chi connectivity index (χ4n) is 2.55. The van der Waals surface area contributed by atoms with Crippen molar-refractivity contribution >= 4 is 0 Å². The quantitative estimate of drug-likeness (QED) is 0.661. The Kier molecular flexibility index (Phi) is 4.15. The first-order valence-corrected chi connectivity index (χ1v) is 7.37. The molecule has 0 N–H and O–H groups in total. The second-order valence-electron chi connectivity index (χ2n) is 4.33. The average Bonchev–Trinajstić information content (AvgIpc) is 2.98. The maximum atomic E-state index is 6.07. The van der Waals surface area contributed by atoms with Gasteiger partial charge in [0.05, 0.1) is 0 Å². The van der Waals surface area contributed by atoms with Crippen LogP contribution < -0.4 is 0 Å². The zero-order valence-corrected chi connectivity index (χ0v) is 13.3. The number of rotatable bonds is 5.